The number of hydrogen-bond acceptors (Lipinski definition) is 5. The van der Waals surface area contributed by atoms with Crippen LogP contribution >= 0.6 is 0 Å². The van der Waals surface area contributed by atoms with E-state index in [1.807, 2.05) is 12.1 Å². The third-order valence-electron chi connectivity index (χ3n) is 4.61. The van der Waals surface area contributed by atoms with Gasteiger partial charge in [0.05, 0.1) is 11.5 Å². The zero-order valence-electron chi connectivity index (χ0n) is 15.8. The predicted molar refractivity (Wildman–Crippen MR) is 107 cm³/mol. The molecule has 1 fully saturated rings. The van der Waals surface area contributed by atoms with E-state index in [9.17, 15) is 13.2 Å². The number of carbonyl (C=O) groups is 1. The van der Waals surface area contributed by atoms with Crippen LogP contribution in [0, 0.1) is 0 Å². The van der Waals surface area contributed by atoms with Gasteiger partial charge in [-0.1, -0.05) is 32.9 Å². The maximum Gasteiger partial charge on any atom is 0.251 e. The van der Waals surface area contributed by atoms with Gasteiger partial charge in [-0.15, -0.1) is 0 Å². The van der Waals surface area contributed by atoms with E-state index in [0.717, 1.165) is 5.69 Å². The van der Waals surface area contributed by atoms with E-state index in [1.54, 1.807) is 18.3 Å². The lowest BCUT2D eigenvalue weighted by atomic mass is 9.87. The summed E-state index contributed by atoms with van der Waals surface area (Å²) < 4.78 is 23.1. The second-order valence-corrected chi connectivity index (χ2v) is 10.2. The topological polar surface area (TPSA) is 88.2 Å². The van der Waals surface area contributed by atoms with Crippen molar-refractivity contribution in [1.29, 1.82) is 0 Å². The van der Waals surface area contributed by atoms with E-state index in [-0.39, 0.29) is 28.9 Å². The van der Waals surface area contributed by atoms with Gasteiger partial charge >= 0.3 is 0 Å². The highest BCUT2D eigenvalue weighted by Crippen LogP contribution is 2.24. The summed E-state index contributed by atoms with van der Waals surface area (Å²) in [4.78, 5) is 16.7. The summed E-state index contributed by atoms with van der Waals surface area (Å²) in [6.45, 7) is 6.48. The number of anilines is 2. The Morgan fingerprint density at radius 2 is 1.85 bits per heavy atom. The highest BCUT2D eigenvalue weighted by molar-refractivity contribution is 7.91. The molecule has 0 saturated carbocycles. The van der Waals surface area contributed by atoms with Crippen LogP contribution in [-0.2, 0) is 15.3 Å². The van der Waals surface area contributed by atoms with Crippen molar-refractivity contribution in [1.82, 2.24) is 10.3 Å². The Morgan fingerprint density at radius 3 is 2.44 bits per heavy atom. The average molecular weight is 388 g/mol. The molecule has 1 aliphatic rings. The molecule has 27 heavy (non-hydrogen) atoms. The Labute approximate surface area is 160 Å². The molecule has 7 heteroatoms. The predicted octanol–water partition coefficient (Wildman–Crippen LogP) is 3.04. The summed E-state index contributed by atoms with van der Waals surface area (Å²) in [7, 11) is -3.03. The second kappa shape index (κ2) is 7.31. The molecule has 6 nitrogen and oxygen atoms in total. The Morgan fingerprint density at radius 1 is 1.15 bits per heavy atom. The van der Waals surface area contributed by atoms with Crippen LogP contribution in [0.1, 0.15) is 43.1 Å². The molecule has 0 bridgehead atoms. The molecule has 1 unspecified atom stereocenters. The first kappa shape index (κ1) is 19.4. The number of amides is 1. The van der Waals surface area contributed by atoms with E-state index in [1.165, 1.54) is 5.56 Å². The van der Waals surface area contributed by atoms with Crippen LogP contribution < -0.4 is 10.6 Å². The molecule has 2 N–H and O–H groups in total. The number of rotatable bonds is 4. The molecule has 0 radical (unpaired) electrons. The van der Waals surface area contributed by atoms with Crippen molar-refractivity contribution in [2.45, 2.75) is 38.6 Å². The Bertz CT molecular complexity index is 932. The SMILES string of the molecule is CC(C)(C)c1ccc(Nc2cc(C(=O)NC3CCS(=O)(=O)C3)ccn2)cc1. The van der Waals surface area contributed by atoms with Crippen LogP contribution in [0.4, 0.5) is 11.5 Å². The Hall–Kier alpha value is -2.41. The molecule has 1 aliphatic heterocycles. The monoisotopic (exact) mass is 387 g/mol. The lowest BCUT2D eigenvalue weighted by Gasteiger charge is -2.19. The molecular weight excluding hydrogens is 362 g/mol. The molecule has 1 saturated heterocycles. The third kappa shape index (κ3) is 5.07. The number of hydrogen-bond donors (Lipinski definition) is 2. The van der Waals surface area contributed by atoms with Crippen LogP contribution in [0.15, 0.2) is 42.6 Å². The molecule has 2 aromatic rings. The van der Waals surface area contributed by atoms with E-state index in [4.69, 9.17) is 0 Å². The van der Waals surface area contributed by atoms with Crippen molar-refractivity contribution < 1.29 is 13.2 Å². The summed E-state index contributed by atoms with van der Waals surface area (Å²) >= 11 is 0. The molecule has 0 aliphatic carbocycles. The van der Waals surface area contributed by atoms with Crippen LogP contribution in [0.25, 0.3) is 0 Å². The van der Waals surface area contributed by atoms with Crippen LogP contribution in [-0.4, -0.2) is 36.9 Å². The summed E-state index contributed by atoms with van der Waals surface area (Å²) in [5, 5.41) is 5.99. The first-order valence-corrected chi connectivity index (χ1v) is 10.8. The van der Waals surface area contributed by atoms with Crippen molar-refractivity contribution in [3.8, 4) is 0 Å². The van der Waals surface area contributed by atoms with E-state index in [0.29, 0.717) is 17.8 Å². The minimum absolute atomic E-state index is 0.00898. The fourth-order valence-electron chi connectivity index (χ4n) is 3.02. The van der Waals surface area contributed by atoms with Gasteiger partial charge in [-0.2, -0.15) is 0 Å². The van der Waals surface area contributed by atoms with Gasteiger partial charge in [0.1, 0.15) is 5.82 Å². The summed E-state index contributed by atoms with van der Waals surface area (Å²) in [5.74, 6) is 0.414. The summed E-state index contributed by atoms with van der Waals surface area (Å²) in [6, 6.07) is 11.1. The van der Waals surface area contributed by atoms with Gasteiger partial charge in [-0.05, 0) is 41.7 Å². The van der Waals surface area contributed by atoms with Crippen molar-refractivity contribution in [2.75, 3.05) is 16.8 Å². The molecular formula is C20H25N3O3S. The Balaban J connectivity index is 1.67. The molecule has 1 aromatic heterocycles. The van der Waals surface area contributed by atoms with Crippen molar-refractivity contribution in [3.63, 3.8) is 0 Å². The first-order valence-electron chi connectivity index (χ1n) is 8.97. The van der Waals surface area contributed by atoms with E-state index in [2.05, 4.69) is 48.5 Å². The number of pyridine rings is 1. The number of nitrogens with zero attached hydrogens (tertiary/aromatic N) is 1. The van der Waals surface area contributed by atoms with Crippen molar-refractivity contribution >= 4 is 27.2 Å². The van der Waals surface area contributed by atoms with Crippen LogP contribution in [0.5, 0.6) is 0 Å². The van der Waals surface area contributed by atoms with Gasteiger partial charge < -0.3 is 10.6 Å². The molecule has 3 rings (SSSR count). The van der Waals surface area contributed by atoms with Gasteiger partial charge in [0.15, 0.2) is 9.84 Å². The molecule has 144 valence electrons. The van der Waals surface area contributed by atoms with Crippen molar-refractivity contribution in [2.24, 2.45) is 0 Å². The standard InChI is InChI=1S/C20H25N3O3S/c1-20(2,3)15-4-6-16(7-5-15)22-18-12-14(8-10-21-18)19(24)23-17-9-11-27(25,26)13-17/h4-8,10,12,17H,9,11,13H2,1-3H3,(H,21,22)(H,23,24). The minimum Gasteiger partial charge on any atom is -0.348 e. The summed E-state index contributed by atoms with van der Waals surface area (Å²) in [5.41, 5.74) is 2.65. The first-order chi connectivity index (χ1) is 12.6. The van der Waals surface area contributed by atoms with Crippen LogP contribution in [0.2, 0.25) is 0 Å². The third-order valence-corrected chi connectivity index (χ3v) is 6.38. The summed E-state index contributed by atoms with van der Waals surface area (Å²) in [6.07, 6.45) is 2.02. The van der Waals surface area contributed by atoms with Gasteiger partial charge in [-0.25, -0.2) is 13.4 Å². The normalized spacial score (nSPS) is 18.9. The molecule has 1 atom stereocenters. The van der Waals surface area contributed by atoms with E-state index >= 15 is 0 Å². The zero-order chi connectivity index (χ0) is 19.7. The van der Waals surface area contributed by atoms with E-state index < -0.39 is 9.84 Å². The molecule has 1 aromatic carbocycles. The minimum atomic E-state index is -3.03. The lowest BCUT2D eigenvalue weighted by molar-refractivity contribution is 0.0941. The Kier molecular flexibility index (Phi) is 5.24. The fourth-order valence-corrected chi connectivity index (χ4v) is 4.69. The van der Waals surface area contributed by atoms with Crippen molar-refractivity contribution in [3.05, 3.63) is 53.7 Å². The smallest absolute Gasteiger partial charge is 0.251 e. The number of sulfone groups is 1. The molecule has 0 spiro atoms. The lowest BCUT2D eigenvalue weighted by Crippen LogP contribution is -2.35. The zero-order valence-corrected chi connectivity index (χ0v) is 16.6. The maximum atomic E-state index is 12.4. The molecule has 2 heterocycles. The average Bonchev–Trinajstić information content (AvgIpc) is 2.93. The highest BCUT2D eigenvalue weighted by Gasteiger charge is 2.29. The van der Waals surface area contributed by atoms with Gasteiger partial charge in [0.2, 0.25) is 0 Å². The quantitative estimate of drug-likeness (QED) is 0.842. The number of carbonyl (C=O) groups excluding carboxylic acids is 1. The van der Waals surface area contributed by atoms with Gasteiger partial charge in [0, 0.05) is 23.5 Å². The fraction of sp³-hybridized carbons (Fsp3) is 0.400. The maximum absolute atomic E-state index is 12.4. The van der Waals surface area contributed by atoms with Gasteiger partial charge in [-0.3, -0.25) is 4.79 Å². The highest BCUT2D eigenvalue weighted by atomic mass is 32.2. The molecule has 1 amide bonds. The van der Waals surface area contributed by atoms with Gasteiger partial charge in [0.25, 0.3) is 5.91 Å². The number of benzene rings is 1. The second-order valence-electron chi connectivity index (χ2n) is 7.96. The van der Waals surface area contributed by atoms with Crippen LogP contribution in [0.3, 0.4) is 0 Å². The number of aromatic nitrogens is 1. The number of nitrogens with one attached hydrogen (secondary N) is 2. The largest absolute Gasteiger partial charge is 0.348 e.